The molecule has 0 unspecified atom stereocenters. The van der Waals surface area contributed by atoms with Crippen molar-refractivity contribution in [3.05, 3.63) is 33.5 Å². The number of anilines is 1. The van der Waals surface area contributed by atoms with Gasteiger partial charge in [-0.25, -0.2) is 9.97 Å². The molecule has 0 atom stereocenters. The maximum absolute atomic E-state index is 5.83. The predicted octanol–water partition coefficient (Wildman–Crippen LogP) is 4.08. The molecule has 2 rings (SSSR count). The number of nitrogens with zero attached hydrogens (tertiary/aromatic N) is 3. The van der Waals surface area contributed by atoms with Crippen LogP contribution in [0.1, 0.15) is 19.0 Å². The third-order valence-corrected chi connectivity index (χ3v) is 3.69. The number of hydrogen-bond acceptors (Lipinski definition) is 4. The van der Waals surface area contributed by atoms with Crippen molar-refractivity contribution in [1.82, 2.24) is 15.0 Å². The molecule has 0 aliphatic heterocycles. The van der Waals surface area contributed by atoms with Crippen molar-refractivity contribution in [3.8, 4) is 11.5 Å². The largest absolute Gasteiger partial charge is 0.369 e. The van der Waals surface area contributed by atoms with Crippen LogP contribution in [0.15, 0.2) is 22.8 Å². The highest BCUT2D eigenvalue weighted by Gasteiger charge is 2.11. The predicted molar refractivity (Wildman–Crippen MR) is 81.5 cm³/mol. The zero-order chi connectivity index (χ0) is 13.8. The van der Waals surface area contributed by atoms with Crippen LogP contribution in [0.4, 0.5) is 5.82 Å². The molecular weight excluding hydrogens is 328 g/mol. The average molecular weight is 342 g/mol. The number of pyridine rings is 1. The van der Waals surface area contributed by atoms with Gasteiger partial charge in [0.1, 0.15) is 11.5 Å². The van der Waals surface area contributed by atoms with E-state index in [2.05, 4.69) is 43.1 Å². The van der Waals surface area contributed by atoms with Gasteiger partial charge in [-0.3, -0.25) is 4.98 Å². The van der Waals surface area contributed by atoms with Crippen LogP contribution in [0, 0.1) is 6.92 Å². The van der Waals surface area contributed by atoms with Gasteiger partial charge in [-0.15, -0.1) is 0 Å². The van der Waals surface area contributed by atoms with Crippen molar-refractivity contribution >= 4 is 33.3 Å². The Labute approximate surface area is 125 Å². The molecule has 0 radical (unpaired) electrons. The number of rotatable bonds is 4. The first-order valence-corrected chi connectivity index (χ1v) is 7.19. The number of nitrogens with one attached hydrogen (secondary N) is 1. The van der Waals surface area contributed by atoms with E-state index >= 15 is 0 Å². The Morgan fingerprint density at radius 1 is 1.32 bits per heavy atom. The molecule has 0 aromatic carbocycles. The standard InChI is InChI=1S/C13H14BrClN4/c1-3-6-16-13-11(14)8(2)18-12(19-13)10-5-4-9(15)7-17-10/h4-5,7H,3,6H2,1-2H3,(H,16,18,19). The summed E-state index contributed by atoms with van der Waals surface area (Å²) in [6.07, 6.45) is 2.63. The van der Waals surface area contributed by atoms with Crippen molar-refractivity contribution in [2.45, 2.75) is 20.3 Å². The van der Waals surface area contributed by atoms with E-state index in [0.29, 0.717) is 16.5 Å². The SMILES string of the molecule is CCCNc1nc(-c2ccc(Cl)cn2)nc(C)c1Br. The molecule has 0 amide bonds. The van der Waals surface area contributed by atoms with Crippen molar-refractivity contribution < 1.29 is 0 Å². The lowest BCUT2D eigenvalue weighted by atomic mass is 10.3. The third kappa shape index (κ3) is 3.42. The Balaban J connectivity index is 2.40. The monoisotopic (exact) mass is 340 g/mol. The van der Waals surface area contributed by atoms with E-state index in [4.69, 9.17) is 11.6 Å². The first kappa shape index (κ1) is 14.2. The van der Waals surface area contributed by atoms with Crippen LogP contribution >= 0.6 is 27.5 Å². The molecule has 0 fully saturated rings. The molecule has 4 nitrogen and oxygen atoms in total. The van der Waals surface area contributed by atoms with Gasteiger partial charge in [0.2, 0.25) is 0 Å². The van der Waals surface area contributed by atoms with Gasteiger partial charge in [-0.1, -0.05) is 18.5 Å². The Hall–Kier alpha value is -1.20. The fraction of sp³-hybridized carbons (Fsp3) is 0.308. The molecule has 2 aromatic rings. The summed E-state index contributed by atoms with van der Waals surface area (Å²) in [7, 11) is 0. The summed E-state index contributed by atoms with van der Waals surface area (Å²) in [5, 5.41) is 3.87. The summed E-state index contributed by atoms with van der Waals surface area (Å²) in [5.74, 6) is 1.39. The van der Waals surface area contributed by atoms with Gasteiger partial charge in [0.15, 0.2) is 5.82 Å². The maximum Gasteiger partial charge on any atom is 0.180 e. The zero-order valence-corrected chi connectivity index (χ0v) is 13.1. The minimum atomic E-state index is 0.593. The normalized spacial score (nSPS) is 10.5. The minimum Gasteiger partial charge on any atom is -0.369 e. The van der Waals surface area contributed by atoms with Gasteiger partial charge in [0.05, 0.1) is 15.2 Å². The first-order chi connectivity index (χ1) is 9.11. The summed E-state index contributed by atoms with van der Waals surface area (Å²) in [4.78, 5) is 13.2. The first-order valence-electron chi connectivity index (χ1n) is 6.01. The highest BCUT2D eigenvalue weighted by Crippen LogP contribution is 2.26. The molecule has 0 saturated carbocycles. The summed E-state index contributed by atoms with van der Waals surface area (Å²) in [6.45, 7) is 4.90. The number of aromatic nitrogens is 3. The topological polar surface area (TPSA) is 50.7 Å². The lowest BCUT2D eigenvalue weighted by Crippen LogP contribution is -2.06. The lowest BCUT2D eigenvalue weighted by molar-refractivity contribution is 0.957. The fourth-order valence-electron chi connectivity index (χ4n) is 1.54. The molecule has 2 aromatic heterocycles. The number of hydrogen-bond donors (Lipinski definition) is 1. The van der Waals surface area contributed by atoms with Gasteiger partial charge in [-0.2, -0.15) is 0 Å². The van der Waals surface area contributed by atoms with Crippen LogP contribution in [0.5, 0.6) is 0 Å². The smallest absolute Gasteiger partial charge is 0.180 e. The third-order valence-electron chi connectivity index (χ3n) is 2.52. The average Bonchev–Trinajstić information content (AvgIpc) is 2.41. The summed E-state index contributed by atoms with van der Waals surface area (Å²) in [6, 6.07) is 3.60. The lowest BCUT2D eigenvalue weighted by Gasteiger charge is -2.10. The highest BCUT2D eigenvalue weighted by atomic mass is 79.9. The molecule has 19 heavy (non-hydrogen) atoms. The highest BCUT2D eigenvalue weighted by molar-refractivity contribution is 9.10. The molecular formula is C13H14BrClN4. The van der Waals surface area contributed by atoms with E-state index in [1.165, 1.54) is 0 Å². The molecule has 0 aliphatic rings. The van der Waals surface area contributed by atoms with E-state index in [-0.39, 0.29) is 0 Å². The second kappa shape index (κ2) is 6.30. The molecule has 0 saturated heterocycles. The Bertz CT molecular complexity index is 572. The Morgan fingerprint density at radius 2 is 2.11 bits per heavy atom. The molecule has 0 aliphatic carbocycles. The summed E-state index contributed by atoms with van der Waals surface area (Å²) < 4.78 is 0.888. The van der Waals surface area contributed by atoms with E-state index in [0.717, 1.165) is 29.0 Å². The van der Waals surface area contributed by atoms with Crippen molar-refractivity contribution in [1.29, 1.82) is 0 Å². The quantitative estimate of drug-likeness (QED) is 0.910. The molecule has 100 valence electrons. The van der Waals surface area contributed by atoms with Gasteiger partial charge >= 0.3 is 0 Å². The van der Waals surface area contributed by atoms with Crippen LogP contribution in [0.2, 0.25) is 5.02 Å². The van der Waals surface area contributed by atoms with E-state index in [1.54, 1.807) is 12.3 Å². The van der Waals surface area contributed by atoms with Crippen LogP contribution in [0.3, 0.4) is 0 Å². The molecule has 6 heteroatoms. The van der Waals surface area contributed by atoms with Crippen molar-refractivity contribution in [3.63, 3.8) is 0 Å². The summed E-state index contributed by atoms with van der Waals surface area (Å²) >= 11 is 9.33. The van der Waals surface area contributed by atoms with Gasteiger partial charge in [0.25, 0.3) is 0 Å². The number of halogens is 2. The van der Waals surface area contributed by atoms with Crippen molar-refractivity contribution in [2.24, 2.45) is 0 Å². The fourth-order valence-corrected chi connectivity index (χ4v) is 1.97. The van der Waals surface area contributed by atoms with Gasteiger partial charge in [0, 0.05) is 12.7 Å². The number of aryl methyl sites for hydroxylation is 1. The zero-order valence-electron chi connectivity index (χ0n) is 10.7. The Kier molecular flexibility index (Phi) is 4.71. The van der Waals surface area contributed by atoms with Gasteiger partial charge in [-0.05, 0) is 41.4 Å². The molecule has 2 heterocycles. The van der Waals surface area contributed by atoms with Crippen LogP contribution in [-0.4, -0.2) is 21.5 Å². The van der Waals surface area contributed by atoms with E-state index in [1.807, 2.05) is 13.0 Å². The van der Waals surface area contributed by atoms with E-state index < -0.39 is 0 Å². The van der Waals surface area contributed by atoms with Crippen molar-refractivity contribution in [2.75, 3.05) is 11.9 Å². The van der Waals surface area contributed by atoms with E-state index in [9.17, 15) is 0 Å². The second-order valence-corrected chi connectivity index (χ2v) is 5.31. The van der Waals surface area contributed by atoms with Crippen LogP contribution < -0.4 is 5.32 Å². The minimum absolute atomic E-state index is 0.593. The maximum atomic E-state index is 5.83. The summed E-state index contributed by atoms with van der Waals surface area (Å²) in [5.41, 5.74) is 1.58. The van der Waals surface area contributed by atoms with Crippen LogP contribution in [-0.2, 0) is 0 Å². The molecule has 0 spiro atoms. The Morgan fingerprint density at radius 3 is 2.74 bits per heavy atom. The molecule has 0 bridgehead atoms. The second-order valence-electron chi connectivity index (χ2n) is 4.08. The van der Waals surface area contributed by atoms with Crippen LogP contribution in [0.25, 0.3) is 11.5 Å². The molecule has 1 N–H and O–H groups in total. The van der Waals surface area contributed by atoms with Gasteiger partial charge < -0.3 is 5.32 Å².